The maximum absolute atomic E-state index is 13.0. The molecule has 1 amide bonds. The van der Waals surface area contributed by atoms with Crippen molar-refractivity contribution in [2.45, 2.75) is 45.4 Å². The van der Waals surface area contributed by atoms with Gasteiger partial charge in [-0.15, -0.1) is 0 Å². The van der Waals surface area contributed by atoms with Crippen molar-refractivity contribution in [2.24, 2.45) is 5.92 Å². The second-order valence-electron chi connectivity index (χ2n) is 8.11. The van der Waals surface area contributed by atoms with E-state index in [0.717, 1.165) is 27.9 Å². The molecule has 0 radical (unpaired) electrons. The molecule has 1 aliphatic heterocycles. The highest BCUT2D eigenvalue weighted by atomic mass is 32.2. The van der Waals surface area contributed by atoms with Gasteiger partial charge in [-0.3, -0.25) is 4.79 Å². The first kappa shape index (κ1) is 21.5. The summed E-state index contributed by atoms with van der Waals surface area (Å²) in [7, 11) is -1.72. The molecule has 1 heterocycles. The van der Waals surface area contributed by atoms with Crippen molar-refractivity contribution in [3.05, 3.63) is 58.7 Å². The van der Waals surface area contributed by atoms with Crippen molar-refractivity contribution >= 4 is 21.6 Å². The summed E-state index contributed by atoms with van der Waals surface area (Å²) in [4.78, 5) is 15.1. The van der Waals surface area contributed by atoms with Crippen LogP contribution in [0.5, 0.6) is 0 Å². The predicted molar refractivity (Wildman–Crippen MR) is 117 cm³/mol. The quantitative estimate of drug-likeness (QED) is 0.760. The second-order valence-corrected chi connectivity index (χ2v) is 10.0. The van der Waals surface area contributed by atoms with E-state index >= 15 is 0 Å². The number of carbonyl (C=O) groups is 1. The number of sulfonamides is 1. The molecule has 2 aromatic rings. The molecule has 156 valence electrons. The third-order valence-electron chi connectivity index (χ3n) is 5.98. The van der Waals surface area contributed by atoms with Crippen molar-refractivity contribution in [1.82, 2.24) is 4.31 Å². The molecule has 2 aromatic carbocycles. The number of anilines is 1. The van der Waals surface area contributed by atoms with E-state index < -0.39 is 10.0 Å². The van der Waals surface area contributed by atoms with Gasteiger partial charge in [-0.05, 0) is 81.0 Å². The number of hydrogen-bond acceptors (Lipinski definition) is 3. The largest absolute Gasteiger partial charge is 0.315 e. The molecule has 6 heteroatoms. The van der Waals surface area contributed by atoms with E-state index in [1.54, 1.807) is 17.0 Å². The van der Waals surface area contributed by atoms with E-state index in [2.05, 4.69) is 0 Å². The van der Waals surface area contributed by atoms with Crippen LogP contribution in [0.25, 0.3) is 0 Å². The SMILES string of the molecule is Cc1ccc(C)c(N(C)C(=O)C2CCN(S(=O)(=O)c3ccc(C)c(C)c3)CC2)c1. The Morgan fingerprint density at radius 2 is 1.55 bits per heavy atom. The number of rotatable bonds is 4. The zero-order valence-corrected chi connectivity index (χ0v) is 18.7. The molecule has 0 unspecified atom stereocenters. The van der Waals surface area contributed by atoms with Crippen LogP contribution in [0.15, 0.2) is 41.3 Å². The summed E-state index contributed by atoms with van der Waals surface area (Å²) < 4.78 is 27.5. The number of aryl methyl sites for hydroxylation is 4. The van der Waals surface area contributed by atoms with Gasteiger partial charge in [0, 0.05) is 31.7 Å². The van der Waals surface area contributed by atoms with Gasteiger partial charge in [0.15, 0.2) is 0 Å². The fraction of sp³-hybridized carbons (Fsp3) is 0.435. The first-order valence-corrected chi connectivity index (χ1v) is 11.5. The summed E-state index contributed by atoms with van der Waals surface area (Å²) in [5.74, 6) is -0.104. The van der Waals surface area contributed by atoms with Gasteiger partial charge in [0.1, 0.15) is 0 Å². The number of hydrogen-bond donors (Lipinski definition) is 0. The minimum absolute atomic E-state index is 0.0573. The van der Waals surface area contributed by atoms with Gasteiger partial charge in [-0.2, -0.15) is 4.31 Å². The molecule has 0 atom stereocenters. The molecule has 3 rings (SSSR count). The molecule has 0 saturated carbocycles. The smallest absolute Gasteiger partial charge is 0.243 e. The lowest BCUT2D eigenvalue weighted by atomic mass is 9.96. The molecular formula is C23H30N2O3S. The van der Waals surface area contributed by atoms with Crippen molar-refractivity contribution in [3.63, 3.8) is 0 Å². The highest BCUT2D eigenvalue weighted by Gasteiger charge is 2.33. The van der Waals surface area contributed by atoms with Crippen molar-refractivity contribution < 1.29 is 13.2 Å². The van der Waals surface area contributed by atoms with E-state index in [-0.39, 0.29) is 11.8 Å². The third-order valence-corrected chi connectivity index (χ3v) is 7.87. The lowest BCUT2D eigenvalue weighted by Crippen LogP contribution is -2.43. The number of benzene rings is 2. The summed E-state index contributed by atoms with van der Waals surface area (Å²) in [5, 5.41) is 0. The number of piperidine rings is 1. The Kier molecular flexibility index (Phi) is 6.15. The van der Waals surface area contributed by atoms with E-state index in [9.17, 15) is 13.2 Å². The third kappa shape index (κ3) is 4.38. The summed E-state index contributed by atoms with van der Waals surface area (Å²) in [5.41, 5.74) is 5.12. The molecule has 0 bridgehead atoms. The predicted octanol–water partition coefficient (Wildman–Crippen LogP) is 3.98. The van der Waals surface area contributed by atoms with Crippen LogP contribution >= 0.6 is 0 Å². The highest BCUT2D eigenvalue weighted by Crippen LogP contribution is 2.28. The van der Waals surface area contributed by atoms with Gasteiger partial charge >= 0.3 is 0 Å². The van der Waals surface area contributed by atoms with Crippen molar-refractivity contribution in [2.75, 3.05) is 25.0 Å². The average molecular weight is 415 g/mol. The van der Waals surface area contributed by atoms with Crippen LogP contribution in [-0.4, -0.2) is 38.8 Å². The standard InChI is InChI=1S/C23H30N2O3S/c1-16-6-7-18(3)22(14-16)24(5)23(26)20-10-12-25(13-11-20)29(27,28)21-9-8-17(2)19(4)15-21/h6-9,14-15,20H,10-13H2,1-5H3. The van der Waals surface area contributed by atoms with Crippen molar-refractivity contribution in [1.29, 1.82) is 0 Å². The maximum Gasteiger partial charge on any atom is 0.243 e. The number of carbonyl (C=O) groups excluding carboxylic acids is 1. The topological polar surface area (TPSA) is 57.7 Å². The van der Waals surface area contributed by atoms with Crippen LogP contribution < -0.4 is 4.90 Å². The first-order chi connectivity index (χ1) is 13.6. The van der Waals surface area contributed by atoms with E-state index in [1.165, 1.54) is 4.31 Å². The fourth-order valence-corrected chi connectivity index (χ4v) is 5.40. The Labute approximate surface area is 174 Å². The van der Waals surface area contributed by atoms with E-state index in [0.29, 0.717) is 30.8 Å². The highest BCUT2D eigenvalue weighted by molar-refractivity contribution is 7.89. The first-order valence-electron chi connectivity index (χ1n) is 10.0. The fourth-order valence-electron chi connectivity index (χ4n) is 3.84. The lowest BCUT2D eigenvalue weighted by molar-refractivity contribution is -0.123. The Hall–Kier alpha value is -2.18. The van der Waals surface area contributed by atoms with Crippen LogP contribution in [0.4, 0.5) is 5.69 Å². The molecule has 1 fully saturated rings. The normalized spacial score (nSPS) is 16.0. The minimum Gasteiger partial charge on any atom is -0.315 e. The zero-order chi connectivity index (χ0) is 21.3. The molecule has 5 nitrogen and oxygen atoms in total. The van der Waals surface area contributed by atoms with Crippen LogP contribution in [0, 0.1) is 33.6 Å². The van der Waals surface area contributed by atoms with Crippen LogP contribution in [0.1, 0.15) is 35.1 Å². The van der Waals surface area contributed by atoms with Crippen LogP contribution in [0.3, 0.4) is 0 Å². The summed E-state index contributed by atoms with van der Waals surface area (Å²) in [6.45, 7) is 8.63. The Bertz CT molecular complexity index is 1020. The molecule has 0 N–H and O–H groups in total. The maximum atomic E-state index is 13.0. The zero-order valence-electron chi connectivity index (χ0n) is 17.9. The van der Waals surface area contributed by atoms with Gasteiger partial charge in [0.25, 0.3) is 0 Å². The second kappa shape index (κ2) is 8.28. The summed E-state index contributed by atoms with van der Waals surface area (Å²) >= 11 is 0. The Morgan fingerprint density at radius 3 is 2.17 bits per heavy atom. The number of amides is 1. The molecule has 0 aliphatic carbocycles. The Morgan fingerprint density at radius 1 is 0.931 bits per heavy atom. The van der Waals surface area contributed by atoms with E-state index in [1.807, 2.05) is 59.0 Å². The molecule has 1 saturated heterocycles. The average Bonchev–Trinajstić information content (AvgIpc) is 2.70. The monoisotopic (exact) mass is 414 g/mol. The van der Waals surface area contributed by atoms with Crippen LogP contribution in [-0.2, 0) is 14.8 Å². The lowest BCUT2D eigenvalue weighted by Gasteiger charge is -2.33. The molecular weight excluding hydrogens is 384 g/mol. The molecule has 29 heavy (non-hydrogen) atoms. The van der Waals surface area contributed by atoms with Gasteiger partial charge in [0.2, 0.25) is 15.9 Å². The molecule has 1 aliphatic rings. The molecule has 0 aromatic heterocycles. The van der Waals surface area contributed by atoms with Gasteiger partial charge < -0.3 is 4.90 Å². The Balaban J connectivity index is 1.70. The van der Waals surface area contributed by atoms with Crippen LogP contribution in [0.2, 0.25) is 0 Å². The molecule has 0 spiro atoms. The van der Waals surface area contributed by atoms with Gasteiger partial charge in [-0.1, -0.05) is 18.2 Å². The van der Waals surface area contributed by atoms with Gasteiger partial charge in [0.05, 0.1) is 4.90 Å². The number of nitrogens with zero attached hydrogens (tertiary/aromatic N) is 2. The van der Waals surface area contributed by atoms with E-state index in [4.69, 9.17) is 0 Å². The van der Waals surface area contributed by atoms with Gasteiger partial charge in [-0.25, -0.2) is 8.42 Å². The summed E-state index contributed by atoms with van der Waals surface area (Å²) in [6, 6.07) is 11.3. The summed E-state index contributed by atoms with van der Waals surface area (Å²) in [6.07, 6.45) is 1.08. The minimum atomic E-state index is -3.53. The van der Waals surface area contributed by atoms with Crippen molar-refractivity contribution in [3.8, 4) is 0 Å².